The second-order valence-electron chi connectivity index (χ2n) is 9.67. The maximum absolute atomic E-state index is 15.4. The molecule has 194 valence electrons. The first kappa shape index (κ1) is 27.0. The zero-order chi connectivity index (χ0) is 26.6. The van der Waals surface area contributed by atoms with E-state index in [0.717, 1.165) is 42.9 Å². The van der Waals surface area contributed by atoms with Crippen LogP contribution >= 0.6 is 11.6 Å². The van der Waals surface area contributed by atoms with Gasteiger partial charge in [0.05, 0.1) is 17.2 Å². The Hall–Kier alpha value is -3.05. The molecule has 3 aromatic rings. The maximum Gasteiger partial charge on any atom is 0.387 e. The smallest absolute Gasteiger partial charge is 0.387 e. The van der Waals surface area contributed by atoms with E-state index in [2.05, 4.69) is 10.1 Å². The normalized spacial score (nSPS) is 20.4. The van der Waals surface area contributed by atoms with Gasteiger partial charge in [-0.25, -0.2) is 4.39 Å². The molecule has 8 heteroatoms. The van der Waals surface area contributed by atoms with E-state index >= 15 is 4.39 Å². The Labute approximate surface area is 219 Å². The molecule has 0 bridgehead atoms. The van der Waals surface area contributed by atoms with Crippen molar-refractivity contribution in [1.29, 1.82) is 5.26 Å². The monoisotopic (exact) mass is 528 g/mol. The number of benzene rings is 3. The van der Waals surface area contributed by atoms with Crippen LogP contribution in [-0.2, 0) is 0 Å². The molecule has 0 spiro atoms. The van der Waals surface area contributed by atoms with Crippen molar-refractivity contribution < 1.29 is 23.0 Å². The van der Waals surface area contributed by atoms with Crippen LogP contribution in [0.5, 0.6) is 5.75 Å². The van der Waals surface area contributed by atoms with E-state index in [-0.39, 0.29) is 33.7 Å². The molecule has 1 fully saturated rings. The summed E-state index contributed by atoms with van der Waals surface area (Å²) >= 11 is 6.46. The second kappa shape index (κ2) is 11.6. The van der Waals surface area contributed by atoms with Gasteiger partial charge in [-0.3, -0.25) is 0 Å². The fourth-order valence-electron chi connectivity index (χ4n) is 4.89. The molecule has 0 aromatic heterocycles. The topological polar surface area (TPSA) is 65.3 Å². The highest BCUT2D eigenvalue weighted by molar-refractivity contribution is 6.33. The Morgan fingerprint density at radius 1 is 1.11 bits per heavy atom. The molecule has 1 aliphatic carbocycles. The predicted octanol–water partition coefficient (Wildman–Crippen LogP) is 7.03. The third kappa shape index (κ3) is 6.45. The fraction of sp³-hybridized carbons (Fsp3) is 0.345. The number of halogens is 4. The van der Waals surface area contributed by atoms with Crippen LogP contribution in [0.2, 0.25) is 5.02 Å². The molecule has 0 saturated heterocycles. The quantitative estimate of drug-likeness (QED) is 0.329. The lowest BCUT2D eigenvalue weighted by atomic mass is 9.83. The number of alkyl halides is 2. The highest BCUT2D eigenvalue weighted by atomic mass is 35.5. The first-order valence-corrected chi connectivity index (χ1v) is 12.5. The van der Waals surface area contributed by atoms with Crippen LogP contribution in [0.1, 0.15) is 55.2 Å². The van der Waals surface area contributed by atoms with Crippen LogP contribution in [0.3, 0.4) is 0 Å². The molecule has 4 nitrogen and oxygen atoms in total. The van der Waals surface area contributed by atoms with Crippen molar-refractivity contribution in [1.82, 2.24) is 5.32 Å². The first-order chi connectivity index (χ1) is 17.7. The maximum atomic E-state index is 15.4. The van der Waals surface area contributed by atoms with Crippen molar-refractivity contribution in [2.75, 3.05) is 6.54 Å². The number of ether oxygens (including phenoxy) is 1. The van der Waals surface area contributed by atoms with Crippen LogP contribution in [0, 0.1) is 17.1 Å². The molecule has 2 N–H and O–H groups in total. The SMILES string of the molecule is CC1(O)CCC(NCC(c2ccccc2)c2ccc(Cl)c(-c3c(C#N)ccc(OC(F)F)c3F)c2)CC1. The Morgan fingerprint density at radius 2 is 1.81 bits per heavy atom. The Balaban J connectivity index is 1.71. The van der Waals surface area contributed by atoms with E-state index in [4.69, 9.17) is 11.6 Å². The van der Waals surface area contributed by atoms with E-state index in [1.165, 1.54) is 6.07 Å². The highest BCUT2D eigenvalue weighted by Gasteiger charge is 2.29. The fourth-order valence-corrected chi connectivity index (χ4v) is 5.11. The molecule has 0 radical (unpaired) electrons. The minimum atomic E-state index is -3.21. The van der Waals surface area contributed by atoms with Crippen molar-refractivity contribution in [2.45, 2.75) is 56.8 Å². The minimum absolute atomic E-state index is 0.0400. The van der Waals surface area contributed by atoms with Crippen LogP contribution in [0.15, 0.2) is 60.7 Å². The van der Waals surface area contributed by atoms with Gasteiger partial charge in [-0.15, -0.1) is 0 Å². The summed E-state index contributed by atoms with van der Waals surface area (Å²) in [5.41, 5.74) is 1.23. The third-order valence-electron chi connectivity index (χ3n) is 6.98. The lowest BCUT2D eigenvalue weighted by molar-refractivity contribution is -0.0521. The lowest BCUT2D eigenvalue weighted by Gasteiger charge is -2.34. The molecular formula is C29H28ClF3N2O2. The summed E-state index contributed by atoms with van der Waals surface area (Å²) in [6, 6.07) is 19.4. The number of nitrogens with one attached hydrogen (secondary N) is 1. The molecule has 37 heavy (non-hydrogen) atoms. The van der Waals surface area contributed by atoms with Gasteiger partial charge in [-0.1, -0.05) is 48.0 Å². The van der Waals surface area contributed by atoms with Gasteiger partial charge in [-0.2, -0.15) is 14.0 Å². The number of hydrogen-bond donors (Lipinski definition) is 2. The zero-order valence-electron chi connectivity index (χ0n) is 20.4. The second-order valence-corrected chi connectivity index (χ2v) is 10.1. The molecule has 0 aliphatic heterocycles. The van der Waals surface area contributed by atoms with Crippen LogP contribution in [0.25, 0.3) is 11.1 Å². The van der Waals surface area contributed by atoms with Gasteiger partial charge in [-0.05, 0) is 68.0 Å². The Morgan fingerprint density at radius 3 is 2.46 bits per heavy atom. The van der Waals surface area contributed by atoms with Crippen molar-refractivity contribution in [3.05, 3.63) is 88.2 Å². The van der Waals surface area contributed by atoms with Crippen LogP contribution < -0.4 is 10.1 Å². The average molecular weight is 529 g/mol. The van der Waals surface area contributed by atoms with Crippen LogP contribution in [0.4, 0.5) is 13.2 Å². The Kier molecular flexibility index (Phi) is 8.43. The Bertz CT molecular complexity index is 1270. The largest absolute Gasteiger partial charge is 0.432 e. The van der Waals surface area contributed by atoms with Gasteiger partial charge in [0.1, 0.15) is 0 Å². The van der Waals surface area contributed by atoms with Gasteiger partial charge >= 0.3 is 6.61 Å². The number of aliphatic hydroxyl groups is 1. The number of hydrogen-bond acceptors (Lipinski definition) is 4. The summed E-state index contributed by atoms with van der Waals surface area (Å²) in [6.45, 7) is -0.768. The lowest BCUT2D eigenvalue weighted by Crippen LogP contribution is -2.41. The summed E-state index contributed by atoms with van der Waals surface area (Å²) in [7, 11) is 0. The average Bonchev–Trinajstić information content (AvgIpc) is 2.87. The molecule has 4 rings (SSSR count). The molecule has 3 aromatic carbocycles. The molecule has 1 aliphatic rings. The van der Waals surface area contributed by atoms with Crippen molar-refractivity contribution >= 4 is 11.6 Å². The summed E-state index contributed by atoms with van der Waals surface area (Å²) in [6.07, 6.45) is 3.15. The van der Waals surface area contributed by atoms with Gasteiger partial charge in [0.25, 0.3) is 0 Å². The van der Waals surface area contributed by atoms with Gasteiger partial charge in [0, 0.05) is 34.7 Å². The third-order valence-corrected chi connectivity index (χ3v) is 7.31. The molecule has 1 unspecified atom stereocenters. The van der Waals surface area contributed by atoms with Crippen molar-refractivity contribution in [2.24, 2.45) is 0 Å². The van der Waals surface area contributed by atoms with Crippen molar-refractivity contribution in [3.63, 3.8) is 0 Å². The summed E-state index contributed by atoms with van der Waals surface area (Å²) in [5, 5.41) is 23.7. The van der Waals surface area contributed by atoms with E-state index < -0.39 is 23.8 Å². The summed E-state index contributed by atoms with van der Waals surface area (Å²) < 4.78 is 45.3. The molecular weight excluding hydrogens is 501 g/mol. The number of rotatable bonds is 8. The summed E-state index contributed by atoms with van der Waals surface area (Å²) in [5.74, 6) is -1.85. The number of nitrogens with zero attached hydrogens (tertiary/aromatic N) is 1. The van der Waals surface area contributed by atoms with E-state index in [9.17, 15) is 19.1 Å². The van der Waals surface area contributed by atoms with Gasteiger partial charge < -0.3 is 15.2 Å². The van der Waals surface area contributed by atoms with Crippen LogP contribution in [-0.4, -0.2) is 29.9 Å². The molecule has 1 atom stereocenters. The zero-order valence-corrected chi connectivity index (χ0v) is 21.1. The number of nitriles is 1. The van der Waals surface area contributed by atoms with Gasteiger partial charge in [0.15, 0.2) is 11.6 Å². The first-order valence-electron chi connectivity index (χ1n) is 12.2. The summed E-state index contributed by atoms with van der Waals surface area (Å²) in [4.78, 5) is 0. The highest BCUT2D eigenvalue weighted by Crippen LogP contribution is 2.39. The van der Waals surface area contributed by atoms with E-state index in [0.29, 0.717) is 6.54 Å². The predicted molar refractivity (Wildman–Crippen MR) is 137 cm³/mol. The van der Waals surface area contributed by atoms with Crippen molar-refractivity contribution in [3.8, 4) is 22.9 Å². The molecule has 0 heterocycles. The minimum Gasteiger partial charge on any atom is -0.432 e. The van der Waals surface area contributed by atoms with E-state index in [1.54, 1.807) is 12.1 Å². The molecule has 1 saturated carbocycles. The van der Waals surface area contributed by atoms with Gasteiger partial charge in [0.2, 0.25) is 0 Å². The molecule has 0 amide bonds. The standard InChI is InChI=1S/C29H28ClF3N2O2/c1-29(36)13-11-21(12-14-29)35-17-23(18-5-3-2-4-6-18)19-7-9-24(30)22(15-19)26-20(16-34)8-10-25(27(26)31)37-28(32)33/h2-10,15,21,23,28,35-36H,11-14,17H2,1H3. The van der Waals surface area contributed by atoms with E-state index in [1.807, 2.05) is 49.4 Å².